The van der Waals surface area contributed by atoms with Gasteiger partial charge >= 0.3 is 0 Å². The molecule has 4 heteroatoms. The molecule has 24 heavy (non-hydrogen) atoms. The molecule has 0 aliphatic rings. The van der Waals surface area contributed by atoms with Crippen molar-refractivity contribution in [2.45, 2.75) is 0 Å². The van der Waals surface area contributed by atoms with Gasteiger partial charge in [-0.3, -0.25) is 0 Å². The summed E-state index contributed by atoms with van der Waals surface area (Å²) < 4.78 is 4.50. The number of nitrogens with zero attached hydrogens (tertiary/aromatic N) is 1. The molecule has 0 unspecified atom stereocenters. The zero-order chi connectivity index (χ0) is 16.3. The Labute approximate surface area is 155 Å². The van der Waals surface area contributed by atoms with Crippen molar-refractivity contribution < 1.29 is 0 Å². The van der Waals surface area contributed by atoms with Gasteiger partial charge in [0.2, 0.25) is 0 Å². The van der Waals surface area contributed by atoms with E-state index in [9.17, 15) is 0 Å². The van der Waals surface area contributed by atoms with Gasteiger partial charge in [0.05, 0.1) is 16.6 Å². The number of fused-ring (bicyclic) bond motifs is 5. The van der Waals surface area contributed by atoms with Crippen LogP contribution >= 0.6 is 31.9 Å². The predicted molar refractivity (Wildman–Crippen MR) is 108 cm³/mol. The van der Waals surface area contributed by atoms with Crippen molar-refractivity contribution in [1.29, 1.82) is 0 Å². The molecule has 2 aromatic heterocycles. The smallest absolute Gasteiger partial charge is 0.0797 e. The number of hydrogen-bond donors (Lipinski definition) is 1. The molecule has 5 rings (SSSR count). The quantitative estimate of drug-likeness (QED) is 0.297. The number of rotatable bonds is 1. The van der Waals surface area contributed by atoms with Gasteiger partial charge in [-0.05, 0) is 48.5 Å². The maximum atomic E-state index is 3.61. The van der Waals surface area contributed by atoms with Crippen LogP contribution in [0.5, 0.6) is 0 Å². The van der Waals surface area contributed by atoms with Gasteiger partial charge in [-0.1, -0.05) is 50.1 Å². The van der Waals surface area contributed by atoms with E-state index in [0.29, 0.717) is 0 Å². The SMILES string of the molecule is Brc1ccc2c(c1)[nH]c1c3ccc(Br)cc3n(-c3ccccc3)c21. The average Bonchev–Trinajstić information content (AvgIpc) is 3.08. The summed E-state index contributed by atoms with van der Waals surface area (Å²) in [5, 5.41) is 2.45. The molecule has 5 aromatic rings. The summed E-state index contributed by atoms with van der Waals surface area (Å²) in [5.41, 5.74) is 5.90. The first-order valence-electron chi connectivity index (χ1n) is 7.69. The summed E-state index contributed by atoms with van der Waals surface area (Å²) >= 11 is 7.18. The molecule has 0 atom stereocenters. The highest BCUT2D eigenvalue weighted by Crippen LogP contribution is 2.38. The third kappa shape index (κ3) is 2.00. The highest BCUT2D eigenvalue weighted by Gasteiger charge is 2.17. The fraction of sp³-hybridized carbons (Fsp3) is 0. The Morgan fingerprint density at radius 1 is 0.750 bits per heavy atom. The summed E-state index contributed by atoms with van der Waals surface area (Å²) in [6.07, 6.45) is 0. The molecule has 0 saturated heterocycles. The first-order chi connectivity index (χ1) is 11.7. The van der Waals surface area contributed by atoms with Gasteiger partial charge in [0, 0.05) is 30.9 Å². The zero-order valence-corrected chi connectivity index (χ0v) is 15.7. The van der Waals surface area contributed by atoms with Crippen molar-refractivity contribution in [3.8, 4) is 5.69 Å². The molecule has 116 valence electrons. The maximum Gasteiger partial charge on any atom is 0.0797 e. The first-order valence-corrected chi connectivity index (χ1v) is 9.27. The third-order valence-corrected chi connectivity index (χ3v) is 5.43. The van der Waals surface area contributed by atoms with Gasteiger partial charge in [0.25, 0.3) is 0 Å². The Bertz CT molecular complexity index is 1210. The van der Waals surface area contributed by atoms with Crippen LogP contribution in [0, 0.1) is 0 Å². The molecule has 0 spiro atoms. The average molecular weight is 440 g/mol. The van der Waals surface area contributed by atoms with Gasteiger partial charge in [0.15, 0.2) is 0 Å². The molecule has 0 aliphatic carbocycles. The lowest BCUT2D eigenvalue weighted by molar-refractivity contribution is 1.19. The molecular weight excluding hydrogens is 428 g/mol. The summed E-state index contributed by atoms with van der Waals surface area (Å²) in [4.78, 5) is 3.61. The minimum atomic E-state index is 1.08. The molecular formula is C20H12Br2N2. The van der Waals surface area contributed by atoms with E-state index in [1.807, 2.05) is 0 Å². The van der Waals surface area contributed by atoms with Crippen LogP contribution < -0.4 is 0 Å². The Morgan fingerprint density at radius 2 is 1.46 bits per heavy atom. The lowest BCUT2D eigenvalue weighted by Crippen LogP contribution is -1.93. The van der Waals surface area contributed by atoms with Gasteiger partial charge in [-0.15, -0.1) is 0 Å². The number of hydrogen-bond acceptors (Lipinski definition) is 0. The predicted octanol–water partition coefficient (Wildman–Crippen LogP) is 6.79. The van der Waals surface area contributed by atoms with Gasteiger partial charge in [-0.25, -0.2) is 0 Å². The first kappa shape index (κ1) is 14.3. The largest absolute Gasteiger partial charge is 0.353 e. The number of H-pyrrole nitrogens is 1. The van der Waals surface area contributed by atoms with Crippen molar-refractivity contribution in [2.75, 3.05) is 0 Å². The second kappa shape index (κ2) is 5.23. The number of aromatic nitrogens is 2. The highest BCUT2D eigenvalue weighted by atomic mass is 79.9. The Morgan fingerprint density at radius 3 is 2.25 bits per heavy atom. The Balaban J connectivity index is 2.05. The molecule has 3 aromatic carbocycles. The number of nitrogens with one attached hydrogen (secondary N) is 1. The normalized spacial score (nSPS) is 11.8. The Hall–Kier alpha value is -2.04. The van der Waals surface area contributed by atoms with E-state index < -0.39 is 0 Å². The summed E-state index contributed by atoms with van der Waals surface area (Å²) in [5.74, 6) is 0. The van der Waals surface area contributed by atoms with E-state index in [1.165, 1.54) is 33.0 Å². The topological polar surface area (TPSA) is 20.7 Å². The molecule has 0 fully saturated rings. The van der Waals surface area contributed by atoms with Crippen LogP contribution in [0.25, 0.3) is 38.5 Å². The molecule has 2 heterocycles. The number of benzene rings is 3. The number of para-hydroxylation sites is 1. The number of aromatic amines is 1. The van der Waals surface area contributed by atoms with Crippen LogP contribution in [0.2, 0.25) is 0 Å². The third-order valence-electron chi connectivity index (χ3n) is 4.44. The van der Waals surface area contributed by atoms with Crippen LogP contribution in [0.15, 0.2) is 75.7 Å². The number of halogens is 2. The van der Waals surface area contributed by atoms with E-state index in [2.05, 4.69) is 108 Å². The lowest BCUT2D eigenvalue weighted by Gasteiger charge is -2.07. The van der Waals surface area contributed by atoms with Crippen molar-refractivity contribution in [1.82, 2.24) is 9.55 Å². The van der Waals surface area contributed by atoms with Crippen LogP contribution in [-0.2, 0) is 0 Å². The maximum absolute atomic E-state index is 3.61. The Kier molecular flexibility index (Phi) is 3.12. The lowest BCUT2D eigenvalue weighted by atomic mass is 10.2. The second-order valence-electron chi connectivity index (χ2n) is 5.87. The fourth-order valence-electron chi connectivity index (χ4n) is 3.45. The molecule has 0 amide bonds. The standard InChI is InChI=1S/C20H12Br2N2/c21-12-6-8-15-17(10-12)23-19-16-9-7-13(22)11-18(16)24(20(15)19)14-4-2-1-3-5-14/h1-11,23H. The summed E-state index contributed by atoms with van der Waals surface area (Å²) in [7, 11) is 0. The van der Waals surface area contributed by atoms with Crippen LogP contribution in [0.1, 0.15) is 0 Å². The van der Waals surface area contributed by atoms with Gasteiger partial charge in [-0.2, -0.15) is 0 Å². The van der Waals surface area contributed by atoms with Gasteiger partial charge in [0.1, 0.15) is 0 Å². The van der Waals surface area contributed by atoms with Crippen LogP contribution in [0.3, 0.4) is 0 Å². The van der Waals surface area contributed by atoms with Crippen molar-refractivity contribution in [3.63, 3.8) is 0 Å². The molecule has 0 bridgehead atoms. The van der Waals surface area contributed by atoms with Crippen molar-refractivity contribution >= 4 is 64.7 Å². The van der Waals surface area contributed by atoms with E-state index >= 15 is 0 Å². The van der Waals surface area contributed by atoms with Crippen molar-refractivity contribution in [3.05, 3.63) is 75.7 Å². The fourth-order valence-corrected chi connectivity index (χ4v) is 4.16. The minimum Gasteiger partial charge on any atom is -0.353 e. The molecule has 1 N–H and O–H groups in total. The summed E-state index contributed by atoms with van der Waals surface area (Å²) in [6.45, 7) is 0. The van der Waals surface area contributed by atoms with E-state index in [4.69, 9.17) is 0 Å². The van der Waals surface area contributed by atoms with E-state index in [-0.39, 0.29) is 0 Å². The van der Waals surface area contributed by atoms with Gasteiger partial charge < -0.3 is 9.55 Å². The van der Waals surface area contributed by atoms with Crippen LogP contribution in [0.4, 0.5) is 0 Å². The molecule has 0 aliphatic heterocycles. The van der Waals surface area contributed by atoms with E-state index in [0.717, 1.165) is 14.5 Å². The van der Waals surface area contributed by atoms with Crippen molar-refractivity contribution in [2.24, 2.45) is 0 Å². The molecule has 0 saturated carbocycles. The minimum absolute atomic E-state index is 1.08. The zero-order valence-electron chi connectivity index (χ0n) is 12.6. The van der Waals surface area contributed by atoms with Crippen LogP contribution in [-0.4, -0.2) is 9.55 Å². The molecule has 0 radical (unpaired) electrons. The monoisotopic (exact) mass is 438 g/mol. The summed E-state index contributed by atoms with van der Waals surface area (Å²) in [6, 6.07) is 23.4. The van der Waals surface area contributed by atoms with E-state index in [1.54, 1.807) is 0 Å². The highest BCUT2D eigenvalue weighted by molar-refractivity contribution is 9.10. The molecule has 2 nitrogen and oxygen atoms in total. The second-order valence-corrected chi connectivity index (χ2v) is 7.70.